The van der Waals surface area contributed by atoms with Gasteiger partial charge in [-0.3, -0.25) is 0 Å². The van der Waals surface area contributed by atoms with Crippen molar-refractivity contribution >= 4 is 22.3 Å². The molecule has 0 bridgehead atoms. The van der Waals surface area contributed by atoms with Crippen LogP contribution in [-0.2, 0) is 6.61 Å². The molecule has 0 amide bonds. The Morgan fingerprint density at radius 1 is 1.11 bits per heavy atom. The van der Waals surface area contributed by atoms with Gasteiger partial charge in [-0.15, -0.1) is 11.3 Å². The van der Waals surface area contributed by atoms with Crippen LogP contribution in [0.4, 0.5) is 10.9 Å². The molecule has 0 saturated carbocycles. The van der Waals surface area contributed by atoms with Gasteiger partial charge in [0.25, 0.3) is 0 Å². The van der Waals surface area contributed by atoms with Crippen molar-refractivity contribution in [2.24, 2.45) is 0 Å². The highest BCUT2D eigenvalue weighted by atomic mass is 32.1. The predicted molar refractivity (Wildman–Crippen MR) is 76.7 cm³/mol. The van der Waals surface area contributed by atoms with Gasteiger partial charge < -0.3 is 14.9 Å². The third kappa shape index (κ3) is 2.69. The molecule has 1 aliphatic rings. The van der Waals surface area contributed by atoms with E-state index in [2.05, 4.69) is 19.8 Å². The first kappa shape index (κ1) is 12.4. The summed E-state index contributed by atoms with van der Waals surface area (Å²) in [6.45, 7) is 3.88. The maximum atomic E-state index is 9.01. The van der Waals surface area contributed by atoms with E-state index in [1.165, 1.54) is 0 Å². The Kier molecular flexibility index (Phi) is 3.61. The third-order valence-corrected chi connectivity index (χ3v) is 4.12. The van der Waals surface area contributed by atoms with Crippen LogP contribution < -0.4 is 9.80 Å². The van der Waals surface area contributed by atoms with E-state index in [1.54, 1.807) is 17.5 Å². The fraction of sp³-hybridized carbons (Fsp3) is 0.385. The average molecular weight is 276 g/mol. The molecule has 1 saturated heterocycles. The van der Waals surface area contributed by atoms with Crippen LogP contribution in [-0.4, -0.2) is 41.3 Å². The molecular formula is C13H16N4OS. The van der Waals surface area contributed by atoms with E-state index in [9.17, 15) is 0 Å². The zero-order chi connectivity index (χ0) is 13.1. The summed E-state index contributed by atoms with van der Waals surface area (Å²) in [6.07, 6.45) is 3.59. The summed E-state index contributed by atoms with van der Waals surface area (Å²) in [5.41, 5.74) is 0.852. The molecule has 1 aliphatic heterocycles. The number of hydrogen-bond acceptors (Lipinski definition) is 6. The third-order valence-electron chi connectivity index (χ3n) is 3.29. The minimum atomic E-state index is 0.0467. The van der Waals surface area contributed by atoms with Crippen LogP contribution in [0.2, 0.25) is 0 Å². The van der Waals surface area contributed by atoms with Gasteiger partial charge in [0, 0.05) is 44.0 Å². The second kappa shape index (κ2) is 5.54. The van der Waals surface area contributed by atoms with Gasteiger partial charge in [0.05, 0.1) is 6.61 Å². The summed E-state index contributed by atoms with van der Waals surface area (Å²) < 4.78 is 0. The Morgan fingerprint density at radius 3 is 2.47 bits per heavy atom. The molecule has 6 heteroatoms. The van der Waals surface area contributed by atoms with Crippen molar-refractivity contribution in [2.75, 3.05) is 36.0 Å². The van der Waals surface area contributed by atoms with E-state index in [0.29, 0.717) is 0 Å². The lowest BCUT2D eigenvalue weighted by molar-refractivity contribution is 0.281. The average Bonchev–Trinajstić information content (AvgIpc) is 3.02. The number of rotatable bonds is 3. The zero-order valence-electron chi connectivity index (χ0n) is 10.6. The first-order chi connectivity index (χ1) is 9.36. The van der Waals surface area contributed by atoms with Crippen LogP contribution in [0.1, 0.15) is 5.56 Å². The number of hydrogen-bond donors (Lipinski definition) is 1. The molecule has 0 radical (unpaired) electrons. The molecule has 3 heterocycles. The molecule has 0 unspecified atom stereocenters. The van der Waals surface area contributed by atoms with Gasteiger partial charge in [0.2, 0.25) is 0 Å². The highest BCUT2D eigenvalue weighted by Gasteiger charge is 2.19. The van der Waals surface area contributed by atoms with Crippen LogP contribution in [0.5, 0.6) is 0 Å². The Balaban J connectivity index is 1.63. The van der Waals surface area contributed by atoms with E-state index in [4.69, 9.17) is 5.11 Å². The SMILES string of the molecule is OCc1ccc(N2CCN(c3nccs3)CC2)nc1. The molecule has 1 fully saturated rings. The van der Waals surface area contributed by atoms with E-state index in [-0.39, 0.29) is 6.61 Å². The van der Waals surface area contributed by atoms with Gasteiger partial charge >= 0.3 is 0 Å². The number of aliphatic hydroxyl groups excluding tert-OH is 1. The highest BCUT2D eigenvalue weighted by molar-refractivity contribution is 7.13. The monoisotopic (exact) mass is 276 g/mol. The fourth-order valence-corrected chi connectivity index (χ4v) is 2.89. The second-order valence-electron chi connectivity index (χ2n) is 4.47. The van der Waals surface area contributed by atoms with E-state index in [1.807, 2.05) is 23.7 Å². The highest BCUT2D eigenvalue weighted by Crippen LogP contribution is 2.21. The van der Waals surface area contributed by atoms with Crippen molar-refractivity contribution in [2.45, 2.75) is 6.61 Å². The standard InChI is InChI=1S/C13H16N4OS/c18-10-11-1-2-12(15-9-11)16-4-6-17(7-5-16)13-14-3-8-19-13/h1-3,8-9,18H,4-7,10H2. The Morgan fingerprint density at radius 2 is 1.89 bits per heavy atom. The van der Waals surface area contributed by atoms with Crippen LogP contribution in [0.25, 0.3) is 0 Å². The Hall–Kier alpha value is -1.66. The Bertz CT molecular complexity index is 506. The van der Waals surface area contributed by atoms with Gasteiger partial charge in [-0.25, -0.2) is 9.97 Å². The van der Waals surface area contributed by atoms with Gasteiger partial charge in [-0.1, -0.05) is 6.07 Å². The van der Waals surface area contributed by atoms with E-state index < -0.39 is 0 Å². The lowest BCUT2D eigenvalue weighted by Crippen LogP contribution is -2.46. The first-order valence-electron chi connectivity index (χ1n) is 6.32. The smallest absolute Gasteiger partial charge is 0.185 e. The van der Waals surface area contributed by atoms with E-state index >= 15 is 0 Å². The quantitative estimate of drug-likeness (QED) is 0.917. The number of piperazine rings is 1. The number of aliphatic hydroxyl groups is 1. The van der Waals surface area contributed by atoms with Crippen LogP contribution in [0, 0.1) is 0 Å². The maximum absolute atomic E-state index is 9.01. The van der Waals surface area contributed by atoms with E-state index in [0.717, 1.165) is 42.7 Å². The van der Waals surface area contributed by atoms with Gasteiger partial charge in [0.1, 0.15) is 5.82 Å². The van der Waals surface area contributed by atoms with Gasteiger partial charge in [-0.2, -0.15) is 0 Å². The van der Waals surface area contributed by atoms with Crippen molar-refractivity contribution in [3.63, 3.8) is 0 Å². The fourth-order valence-electron chi connectivity index (χ4n) is 2.20. The number of aromatic nitrogens is 2. The minimum Gasteiger partial charge on any atom is -0.392 e. The molecule has 100 valence electrons. The molecule has 3 rings (SSSR count). The summed E-state index contributed by atoms with van der Waals surface area (Å²) in [6, 6.07) is 3.90. The summed E-state index contributed by atoms with van der Waals surface area (Å²) in [5.74, 6) is 0.982. The maximum Gasteiger partial charge on any atom is 0.185 e. The number of anilines is 2. The molecule has 0 aromatic carbocycles. The van der Waals surface area contributed by atoms with Crippen molar-refractivity contribution in [3.05, 3.63) is 35.5 Å². The predicted octanol–water partition coefficient (Wildman–Crippen LogP) is 1.36. The zero-order valence-corrected chi connectivity index (χ0v) is 11.4. The van der Waals surface area contributed by atoms with Crippen molar-refractivity contribution < 1.29 is 5.11 Å². The van der Waals surface area contributed by atoms with Gasteiger partial charge in [0.15, 0.2) is 5.13 Å². The Labute approximate surface area is 116 Å². The summed E-state index contributed by atoms with van der Waals surface area (Å²) in [7, 11) is 0. The molecular weight excluding hydrogens is 260 g/mol. The van der Waals surface area contributed by atoms with Crippen LogP contribution in [0.3, 0.4) is 0 Å². The topological polar surface area (TPSA) is 52.5 Å². The summed E-state index contributed by atoms with van der Waals surface area (Å²) >= 11 is 1.68. The molecule has 0 atom stereocenters. The molecule has 0 aliphatic carbocycles. The lowest BCUT2D eigenvalue weighted by Gasteiger charge is -2.35. The number of nitrogens with zero attached hydrogens (tertiary/aromatic N) is 4. The van der Waals surface area contributed by atoms with Crippen molar-refractivity contribution in [3.8, 4) is 0 Å². The van der Waals surface area contributed by atoms with Crippen LogP contribution in [0.15, 0.2) is 29.9 Å². The second-order valence-corrected chi connectivity index (χ2v) is 5.34. The molecule has 0 spiro atoms. The lowest BCUT2D eigenvalue weighted by atomic mass is 10.2. The number of thiazole rings is 1. The summed E-state index contributed by atoms with van der Waals surface area (Å²) in [5, 5.41) is 12.1. The summed E-state index contributed by atoms with van der Waals surface area (Å²) in [4.78, 5) is 13.3. The molecule has 2 aromatic rings. The normalized spacial score (nSPS) is 15.8. The minimum absolute atomic E-state index is 0.0467. The molecule has 2 aromatic heterocycles. The van der Waals surface area contributed by atoms with Crippen molar-refractivity contribution in [1.29, 1.82) is 0 Å². The van der Waals surface area contributed by atoms with Crippen LogP contribution >= 0.6 is 11.3 Å². The van der Waals surface area contributed by atoms with Crippen molar-refractivity contribution in [1.82, 2.24) is 9.97 Å². The molecule has 5 nitrogen and oxygen atoms in total. The first-order valence-corrected chi connectivity index (χ1v) is 7.20. The molecule has 19 heavy (non-hydrogen) atoms. The molecule has 1 N–H and O–H groups in total. The largest absolute Gasteiger partial charge is 0.392 e. The number of pyridine rings is 1. The van der Waals surface area contributed by atoms with Gasteiger partial charge in [-0.05, 0) is 11.6 Å².